The van der Waals surface area contributed by atoms with Gasteiger partial charge in [-0.05, 0) is 29.8 Å². The average molecular weight is 414 g/mol. The summed E-state index contributed by atoms with van der Waals surface area (Å²) in [5.41, 5.74) is 1.88. The Morgan fingerprint density at radius 3 is 2.10 bits per heavy atom. The van der Waals surface area contributed by atoms with Gasteiger partial charge in [0, 0.05) is 24.3 Å². The number of nitrogens with one attached hydrogen (secondary N) is 1. The summed E-state index contributed by atoms with van der Waals surface area (Å²) >= 11 is 0. The molecule has 2 aromatic carbocycles. The highest BCUT2D eigenvalue weighted by Gasteiger charge is 2.18. The van der Waals surface area contributed by atoms with E-state index in [1.165, 1.54) is 21.3 Å². The lowest BCUT2D eigenvalue weighted by molar-refractivity contribution is -0.134. The molecule has 8 heteroatoms. The third-order valence-corrected chi connectivity index (χ3v) is 4.86. The molecule has 160 valence electrons. The van der Waals surface area contributed by atoms with E-state index in [1.807, 2.05) is 17.0 Å². The topological polar surface area (TPSA) is 86.3 Å². The van der Waals surface area contributed by atoms with Crippen molar-refractivity contribution in [2.75, 3.05) is 52.9 Å². The SMILES string of the molecule is COc1cc(C(=O)Nc2ccc(CC(=O)N3CCOCC3)cc2)cc(OC)c1OC. The molecule has 1 heterocycles. The molecule has 0 radical (unpaired) electrons. The maximum absolute atomic E-state index is 12.7. The van der Waals surface area contributed by atoms with Crippen LogP contribution in [0, 0.1) is 0 Å². The fourth-order valence-electron chi connectivity index (χ4n) is 3.22. The number of morpholine rings is 1. The molecule has 0 saturated carbocycles. The first kappa shape index (κ1) is 21.4. The van der Waals surface area contributed by atoms with Crippen molar-refractivity contribution in [1.82, 2.24) is 4.90 Å². The van der Waals surface area contributed by atoms with Gasteiger partial charge in [0.05, 0.1) is 41.0 Å². The Balaban J connectivity index is 1.66. The van der Waals surface area contributed by atoms with Gasteiger partial charge in [0.1, 0.15) is 0 Å². The van der Waals surface area contributed by atoms with Gasteiger partial charge < -0.3 is 29.2 Å². The van der Waals surface area contributed by atoms with Gasteiger partial charge in [0.25, 0.3) is 5.91 Å². The van der Waals surface area contributed by atoms with Crippen LogP contribution in [0.3, 0.4) is 0 Å². The van der Waals surface area contributed by atoms with Crippen LogP contribution in [0.2, 0.25) is 0 Å². The molecule has 1 aliphatic rings. The molecule has 1 fully saturated rings. The van der Waals surface area contributed by atoms with E-state index >= 15 is 0 Å². The highest BCUT2D eigenvalue weighted by molar-refractivity contribution is 6.05. The number of carbonyl (C=O) groups excluding carboxylic acids is 2. The Kier molecular flexibility index (Phi) is 7.13. The number of ether oxygens (including phenoxy) is 4. The van der Waals surface area contributed by atoms with Crippen LogP contribution in [0.4, 0.5) is 5.69 Å². The van der Waals surface area contributed by atoms with E-state index in [-0.39, 0.29) is 11.8 Å². The highest BCUT2D eigenvalue weighted by atomic mass is 16.5. The van der Waals surface area contributed by atoms with Crippen molar-refractivity contribution in [2.45, 2.75) is 6.42 Å². The highest BCUT2D eigenvalue weighted by Crippen LogP contribution is 2.38. The van der Waals surface area contributed by atoms with Crippen molar-refractivity contribution in [2.24, 2.45) is 0 Å². The van der Waals surface area contributed by atoms with Crippen LogP contribution in [-0.2, 0) is 16.0 Å². The Morgan fingerprint density at radius 1 is 0.967 bits per heavy atom. The van der Waals surface area contributed by atoms with Crippen molar-refractivity contribution in [3.05, 3.63) is 47.5 Å². The molecule has 1 N–H and O–H groups in total. The third-order valence-electron chi connectivity index (χ3n) is 4.86. The standard InChI is InChI=1S/C22H26N2O6/c1-27-18-13-16(14-19(28-2)21(18)29-3)22(26)23-17-6-4-15(5-7-17)12-20(25)24-8-10-30-11-9-24/h4-7,13-14H,8-12H2,1-3H3,(H,23,26). The van der Waals surface area contributed by atoms with Crippen molar-refractivity contribution in [3.63, 3.8) is 0 Å². The van der Waals surface area contributed by atoms with Gasteiger partial charge in [0.2, 0.25) is 11.7 Å². The van der Waals surface area contributed by atoms with Gasteiger partial charge >= 0.3 is 0 Å². The van der Waals surface area contributed by atoms with Crippen LogP contribution < -0.4 is 19.5 Å². The number of hydrogen-bond acceptors (Lipinski definition) is 6. The summed E-state index contributed by atoms with van der Waals surface area (Å²) in [6, 6.07) is 10.4. The van der Waals surface area contributed by atoms with E-state index in [9.17, 15) is 9.59 Å². The number of amides is 2. The first-order chi connectivity index (χ1) is 14.5. The summed E-state index contributed by atoms with van der Waals surface area (Å²) in [4.78, 5) is 26.8. The number of nitrogens with zero attached hydrogens (tertiary/aromatic N) is 1. The molecule has 8 nitrogen and oxygen atoms in total. The minimum Gasteiger partial charge on any atom is -0.493 e. The molecular formula is C22H26N2O6. The smallest absolute Gasteiger partial charge is 0.255 e. The van der Waals surface area contributed by atoms with Gasteiger partial charge in [-0.2, -0.15) is 0 Å². The molecule has 0 spiro atoms. The summed E-state index contributed by atoms with van der Waals surface area (Å²) in [6.07, 6.45) is 0.321. The molecule has 1 aliphatic heterocycles. The fourth-order valence-corrected chi connectivity index (χ4v) is 3.22. The number of rotatable bonds is 7. The number of carbonyl (C=O) groups is 2. The number of methoxy groups -OCH3 is 3. The second kappa shape index (κ2) is 9.98. The molecule has 3 rings (SSSR count). The minimum atomic E-state index is -0.314. The van der Waals surface area contributed by atoms with E-state index < -0.39 is 0 Å². The molecule has 2 amide bonds. The predicted octanol–water partition coefficient (Wildman–Crippen LogP) is 2.37. The number of anilines is 1. The van der Waals surface area contributed by atoms with Gasteiger partial charge in [-0.25, -0.2) is 0 Å². The van der Waals surface area contributed by atoms with E-state index in [0.717, 1.165) is 5.56 Å². The third kappa shape index (κ3) is 5.01. The summed E-state index contributed by atoms with van der Waals surface area (Å²) in [7, 11) is 4.50. The van der Waals surface area contributed by atoms with E-state index in [1.54, 1.807) is 24.3 Å². The largest absolute Gasteiger partial charge is 0.493 e. The number of hydrogen-bond donors (Lipinski definition) is 1. The number of benzene rings is 2. The maximum atomic E-state index is 12.7. The lowest BCUT2D eigenvalue weighted by Crippen LogP contribution is -2.41. The van der Waals surface area contributed by atoms with Crippen molar-refractivity contribution in [3.8, 4) is 17.2 Å². The Bertz CT molecular complexity index is 866. The Hall–Kier alpha value is -3.26. The summed E-state index contributed by atoms with van der Waals surface area (Å²) < 4.78 is 21.1. The van der Waals surface area contributed by atoms with Crippen LogP contribution in [-0.4, -0.2) is 64.3 Å². The Morgan fingerprint density at radius 2 is 1.57 bits per heavy atom. The van der Waals surface area contributed by atoms with Gasteiger partial charge in [-0.15, -0.1) is 0 Å². The molecule has 0 unspecified atom stereocenters. The summed E-state index contributed by atoms with van der Waals surface area (Å²) in [6.45, 7) is 2.42. The van der Waals surface area contributed by atoms with Crippen LogP contribution in [0.1, 0.15) is 15.9 Å². The lowest BCUT2D eigenvalue weighted by atomic mass is 10.1. The van der Waals surface area contributed by atoms with Gasteiger partial charge in [0.15, 0.2) is 11.5 Å². The summed E-state index contributed by atoms with van der Waals surface area (Å²) in [5.74, 6) is 0.989. The Labute approximate surface area is 175 Å². The minimum absolute atomic E-state index is 0.0764. The van der Waals surface area contributed by atoms with Gasteiger partial charge in [-0.1, -0.05) is 12.1 Å². The molecular weight excluding hydrogens is 388 g/mol. The van der Waals surface area contributed by atoms with Crippen LogP contribution in [0.5, 0.6) is 17.2 Å². The molecule has 30 heavy (non-hydrogen) atoms. The van der Waals surface area contributed by atoms with Crippen molar-refractivity contribution in [1.29, 1.82) is 0 Å². The monoisotopic (exact) mass is 414 g/mol. The zero-order valence-electron chi connectivity index (χ0n) is 17.4. The van der Waals surface area contributed by atoms with E-state index in [2.05, 4.69) is 5.32 Å². The lowest BCUT2D eigenvalue weighted by Gasteiger charge is -2.26. The molecule has 2 aromatic rings. The van der Waals surface area contributed by atoms with Crippen LogP contribution in [0.15, 0.2) is 36.4 Å². The first-order valence-corrected chi connectivity index (χ1v) is 9.61. The fraction of sp³-hybridized carbons (Fsp3) is 0.364. The average Bonchev–Trinajstić information content (AvgIpc) is 2.79. The molecule has 0 atom stereocenters. The van der Waals surface area contributed by atoms with Crippen LogP contribution >= 0.6 is 0 Å². The van der Waals surface area contributed by atoms with Gasteiger partial charge in [-0.3, -0.25) is 9.59 Å². The molecule has 0 bridgehead atoms. The normalized spacial score (nSPS) is 13.5. The van der Waals surface area contributed by atoms with Crippen LogP contribution in [0.25, 0.3) is 0 Å². The predicted molar refractivity (Wildman–Crippen MR) is 112 cm³/mol. The first-order valence-electron chi connectivity index (χ1n) is 9.61. The second-order valence-electron chi connectivity index (χ2n) is 6.73. The molecule has 0 aromatic heterocycles. The van der Waals surface area contributed by atoms with Crippen molar-refractivity contribution >= 4 is 17.5 Å². The zero-order valence-corrected chi connectivity index (χ0v) is 17.4. The quantitative estimate of drug-likeness (QED) is 0.749. The molecule has 1 saturated heterocycles. The zero-order chi connectivity index (χ0) is 21.5. The molecule has 0 aliphatic carbocycles. The van der Waals surface area contributed by atoms with Crippen molar-refractivity contribution < 1.29 is 28.5 Å². The van der Waals surface area contributed by atoms with E-state index in [4.69, 9.17) is 18.9 Å². The summed E-state index contributed by atoms with van der Waals surface area (Å²) in [5, 5.41) is 2.84. The van der Waals surface area contributed by atoms with E-state index in [0.29, 0.717) is 61.2 Å². The second-order valence-corrected chi connectivity index (χ2v) is 6.73. The maximum Gasteiger partial charge on any atom is 0.255 e.